The molecule has 114 valence electrons. The maximum absolute atomic E-state index is 5.98. The van der Waals surface area contributed by atoms with Crippen LogP contribution in [-0.4, -0.2) is 4.98 Å². The largest absolute Gasteiger partial charge is 0.436 e. The summed E-state index contributed by atoms with van der Waals surface area (Å²) in [5, 5.41) is 2.31. The van der Waals surface area contributed by atoms with E-state index in [0.29, 0.717) is 5.89 Å². The molecule has 0 saturated carbocycles. The van der Waals surface area contributed by atoms with Gasteiger partial charge < -0.3 is 4.42 Å². The molecular weight excluding hydrogens is 282 g/mol. The molecule has 0 saturated heterocycles. The first-order valence-electron chi connectivity index (χ1n) is 7.91. The number of benzene rings is 3. The van der Waals surface area contributed by atoms with Crippen LogP contribution in [0.2, 0.25) is 0 Å². The van der Waals surface area contributed by atoms with E-state index in [1.54, 1.807) is 0 Å². The summed E-state index contributed by atoms with van der Waals surface area (Å²) < 4.78 is 5.98. The number of fused-ring (bicyclic) bond motifs is 3. The smallest absolute Gasteiger partial charge is 0.227 e. The highest BCUT2D eigenvalue weighted by Gasteiger charge is 2.15. The molecule has 4 aromatic rings. The Morgan fingerprint density at radius 1 is 0.826 bits per heavy atom. The van der Waals surface area contributed by atoms with Crippen molar-refractivity contribution in [1.29, 1.82) is 0 Å². The van der Waals surface area contributed by atoms with Crippen LogP contribution in [0.4, 0.5) is 0 Å². The lowest BCUT2D eigenvalue weighted by Gasteiger charge is -2.18. The van der Waals surface area contributed by atoms with Gasteiger partial charge in [-0.3, -0.25) is 0 Å². The lowest BCUT2D eigenvalue weighted by molar-refractivity contribution is 0.589. The SMILES string of the molecule is CC(C)(C)c1ccc(-c2nc3c(ccc4ccccc43)o2)cc1. The van der Waals surface area contributed by atoms with Gasteiger partial charge in [-0.05, 0) is 34.6 Å². The molecule has 0 aliphatic heterocycles. The van der Waals surface area contributed by atoms with Gasteiger partial charge in [0.1, 0.15) is 5.52 Å². The van der Waals surface area contributed by atoms with Crippen LogP contribution in [-0.2, 0) is 5.41 Å². The standard InChI is InChI=1S/C21H19NO/c1-21(2,3)16-11-8-15(9-12-16)20-22-19-17-7-5-4-6-14(17)10-13-18(19)23-20/h4-13H,1-3H3. The highest BCUT2D eigenvalue weighted by atomic mass is 16.3. The van der Waals surface area contributed by atoms with Crippen LogP contribution in [0.1, 0.15) is 26.3 Å². The van der Waals surface area contributed by atoms with E-state index in [1.165, 1.54) is 10.9 Å². The van der Waals surface area contributed by atoms with Gasteiger partial charge in [-0.1, -0.05) is 63.2 Å². The Balaban J connectivity index is 1.84. The molecule has 23 heavy (non-hydrogen) atoms. The van der Waals surface area contributed by atoms with Gasteiger partial charge in [0.15, 0.2) is 5.58 Å². The lowest BCUT2D eigenvalue weighted by atomic mass is 9.87. The normalized spacial score (nSPS) is 12.1. The minimum absolute atomic E-state index is 0.149. The summed E-state index contributed by atoms with van der Waals surface area (Å²) in [6.07, 6.45) is 0. The molecule has 2 nitrogen and oxygen atoms in total. The van der Waals surface area contributed by atoms with Crippen LogP contribution in [0.5, 0.6) is 0 Å². The second-order valence-corrected chi connectivity index (χ2v) is 6.98. The Labute approximate surface area is 135 Å². The molecule has 0 bridgehead atoms. The summed E-state index contributed by atoms with van der Waals surface area (Å²) in [7, 11) is 0. The van der Waals surface area contributed by atoms with Gasteiger partial charge in [-0.25, -0.2) is 4.98 Å². The molecule has 1 aromatic heterocycles. The molecule has 0 radical (unpaired) electrons. The van der Waals surface area contributed by atoms with E-state index < -0.39 is 0 Å². The Kier molecular flexibility index (Phi) is 3.02. The average molecular weight is 301 g/mol. The fraction of sp³-hybridized carbons (Fsp3) is 0.190. The molecule has 0 atom stereocenters. The van der Waals surface area contributed by atoms with Crippen LogP contribution < -0.4 is 0 Å². The summed E-state index contributed by atoms with van der Waals surface area (Å²) >= 11 is 0. The van der Waals surface area contributed by atoms with Crippen molar-refractivity contribution in [2.24, 2.45) is 0 Å². The Morgan fingerprint density at radius 2 is 1.57 bits per heavy atom. The molecule has 4 rings (SSSR count). The summed E-state index contributed by atoms with van der Waals surface area (Å²) in [5.74, 6) is 0.678. The van der Waals surface area contributed by atoms with E-state index in [0.717, 1.165) is 22.0 Å². The van der Waals surface area contributed by atoms with Crippen molar-refractivity contribution in [3.63, 3.8) is 0 Å². The first kappa shape index (κ1) is 14.0. The minimum atomic E-state index is 0.149. The van der Waals surface area contributed by atoms with Crippen LogP contribution >= 0.6 is 0 Å². The summed E-state index contributed by atoms with van der Waals surface area (Å²) in [6, 6.07) is 20.8. The minimum Gasteiger partial charge on any atom is -0.436 e. The van der Waals surface area contributed by atoms with Crippen molar-refractivity contribution in [2.75, 3.05) is 0 Å². The number of aromatic nitrogens is 1. The fourth-order valence-corrected chi connectivity index (χ4v) is 2.90. The number of hydrogen-bond donors (Lipinski definition) is 0. The Bertz CT molecular complexity index is 988. The van der Waals surface area contributed by atoms with Crippen LogP contribution in [0.15, 0.2) is 65.1 Å². The molecule has 0 unspecified atom stereocenters. The molecule has 2 heteroatoms. The fourth-order valence-electron chi connectivity index (χ4n) is 2.90. The maximum Gasteiger partial charge on any atom is 0.227 e. The van der Waals surface area contributed by atoms with E-state index in [2.05, 4.69) is 63.2 Å². The van der Waals surface area contributed by atoms with Crippen molar-refractivity contribution >= 4 is 21.9 Å². The molecule has 0 N–H and O–H groups in total. The van der Waals surface area contributed by atoms with Crippen molar-refractivity contribution in [1.82, 2.24) is 4.98 Å². The summed E-state index contributed by atoms with van der Waals surface area (Å²) in [4.78, 5) is 4.74. The molecule has 0 fully saturated rings. The first-order valence-corrected chi connectivity index (χ1v) is 7.91. The van der Waals surface area contributed by atoms with E-state index in [1.807, 2.05) is 18.2 Å². The number of hydrogen-bond acceptors (Lipinski definition) is 2. The van der Waals surface area contributed by atoms with Gasteiger partial charge in [0.2, 0.25) is 5.89 Å². The maximum atomic E-state index is 5.98. The van der Waals surface area contributed by atoms with Gasteiger partial charge in [0.05, 0.1) is 0 Å². The van der Waals surface area contributed by atoms with E-state index in [-0.39, 0.29) is 5.41 Å². The predicted octanol–water partition coefficient (Wildman–Crippen LogP) is 5.95. The zero-order chi connectivity index (χ0) is 16.0. The van der Waals surface area contributed by atoms with Gasteiger partial charge in [0, 0.05) is 10.9 Å². The zero-order valence-corrected chi connectivity index (χ0v) is 13.6. The Hall–Kier alpha value is -2.61. The molecule has 3 aromatic carbocycles. The predicted molar refractivity (Wildman–Crippen MR) is 95.7 cm³/mol. The second-order valence-electron chi connectivity index (χ2n) is 6.98. The third-order valence-electron chi connectivity index (χ3n) is 4.28. The third-order valence-corrected chi connectivity index (χ3v) is 4.28. The zero-order valence-electron chi connectivity index (χ0n) is 13.6. The summed E-state index contributed by atoms with van der Waals surface area (Å²) in [6.45, 7) is 6.65. The topological polar surface area (TPSA) is 26.0 Å². The molecule has 0 aliphatic rings. The van der Waals surface area contributed by atoms with Crippen LogP contribution in [0.3, 0.4) is 0 Å². The number of rotatable bonds is 1. The highest BCUT2D eigenvalue weighted by Crippen LogP contribution is 2.31. The monoisotopic (exact) mass is 301 g/mol. The third kappa shape index (κ3) is 2.40. The van der Waals surface area contributed by atoms with Gasteiger partial charge in [-0.2, -0.15) is 0 Å². The van der Waals surface area contributed by atoms with Crippen molar-refractivity contribution in [3.05, 3.63) is 66.2 Å². The lowest BCUT2D eigenvalue weighted by Crippen LogP contribution is -2.10. The highest BCUT2D eigenvalue weighted by molar-refractivity contribution is 6.03. The average Bonchev–Trinajstić information content (AvgIpc) is 2.99. The van der Waals surface area contributed by atoms with Gasteiger partial charge in [-0.15, -0.1) is 0 Å². The van der Waals surface area contributed by atoms with Crippen molar-refractivity contribution in [3.8, 4) is 11.5 Å². The van der Waals surface area contributed by atoms with Gasteiger partial charge in [0.25, 0.3) is 0 Å². The quantitative estimate of drug-likeness (QED) is 0.434. The number of nitrogens with zero attached hydrogens (tertiary/aromatic N) is 1. The Morgan fingerprint density at radius 3 is 2.30 bits per heavy atom. The van der Waals surface area contributed by atoms with Crippen molar-refractivity contribution < 1.29 is 4.42 Å². The molecule has 0 spiro atoms. The van der Waals surface area contributed by atoms with E-state index in [9.17, 15) is 0 Å². The van der Waals surface area contributed by atoms with Crippen LogP contribution in [0, 0.1) is 0 Å². The molecule has 1 heterocycles. The summed E-state index contributed by atoms with van der Waals surface area (Å²) in [5.41, 5.74) is 4.23. The first-order chi connectivity index (χ1) is 11.0. The number of oxazole rings is 1. The van der Waals surface area contributed by atoms with E-state index >= 15 is 0 Å². The van der Waals surface area contributed by atoms with E-state index in [4.69, 9.17) is 9.40 Å². The van der Waals surface area contributed by atoms with Gasteiger partial charge >= 0.3 is 0 Å². The second kappa shape index (κ2) is 4.95. The molecule has 0 amide bonds. The van der Waals surface area contributed by atoms with Crippen molar-refractivity contribution in [2.45, 2.75) is 26.2 Å². The molecular formula is C21H19NO. The van der Waals surface area contributed by atoms with Crippen LogP contribution in [0.25, 0.3) is 33.3 Å². The molecule has 0 aliphatic carbocycles.